The lowest BCUT2D eigenvalue weighted by molar-refractivity contribution is -0.385. The van der Waals surface area contributed by atoms with Crippen LogP contribution in [-0.4, -0.2) is 10.8 Å². The van der Waals surface area contributed by atoms with Gasteiger partial charge in [-0.25, -0.2) is 4.39 Å². The largest absolute Gasteiger partial charge is 0.419 e. The summed E-state index contributed by atoms with van der Waals surface area (Å²) >= 11 is 0. The summed E-state index contributed by atoms with van der Waals surface area (Å²) in [6.45, 7) is 1.43. The van der Waals surface area contributed by atoms with E-state index >= 15 is 0 Å². The van der Waals surface area contributed by atoms with Crippen molar-refractivity contribution in [2.24, 2.45) is 0 Å². The maximum absolute atomic E-state index is 13.2. The van der Waals surface area contributed by atoms with Crippen LogP contribution in [0.5, 0.6) is 0 Å². The van der Waals surface area contributed by atoms with Crippen molar-refractivity contribution in [3.63, 3.8) is 0 Å². The number of amides is 1. The van der Waals surface area contributed by atoms with Gasteiger partial charge in [-0.2, -0.15) is 13.2 Å². The number of nitrogens with one attached hydrogen (secondary N) is 1. The first-order valence-corrected chi connectivity index (χ1v) is 6.52. The van der Waals surface area contributed by atoms with Crippen molar-refractivity contribution in [2.75, 3.05) is 5.32 Å². The SMILES string of the molecule is Cc1cc(C(=O)Nc2ccc(F)c(C(F)(F)F)c2)ccc1[N+](=O)[O-]. The molecule has 0 saturated carbocycles. The average Bonchev–Trinajstić information content (AvgIpc) is 2.47. The fourth-order valence-corrected chi connectivity index (χ4v) is 2.03. The second-order valence-corrected chi connectivity index (χ2v) is 4.90. The Labute approximate surface area is 133 Å². The second kappa shape index (κ2) is 6.26. The van der Waals surface area contributed by atoms with Gasteiger partial charge in [-0.15, -0.1) is 0 Å². The van der Waals surface area contributed by atoms with Crippen LogP contribution in [0.15, 0.2) is 36.4 Å². The first-order valence-electron chi connectivity index (χ1n) is 6.52. The molecule has 0 radical (unpaired) electrons. The maximum Gasteiger partial charge on any atom is 0.419 e. The van der Waals surface area contributed by atoms with Gasteiger partial charge in [-0.05, 0) is 37.3 Å². The number of hydrogen-bond acceptors (Lipinski definition) is 3. The molecule has 0 aliphatic rings. The molecule has 0 bridgehead atoms. The standard InChI is InChI=1S/C15H10F4N2O3/c1-8-6-9(2-5-13(8)21(23)24)14(22)20-10-3-4-12(16)11(7-10)15(17,18)19/h2-7H,1H3,(H,20,22). The smallest absolute Gasteiger partial charge is 0.322 e. The fraction of sp³-hybridized carbons (Fsp3) is 0.133. The molecule has 0 aliphatic carbocycles. The first-order chi connectivity index (χ1) is 11.1. The highest BCUT2D eigenvalue weighted by Crippen LogP contribution is 2.33. The van der Waals surface area contributed by atoms with Crippen molar-refractivity contribution in [3.8, 4) is 0 Å². The molecule has 5 nitrogen and oxygen atoms in total. The molecule has 0 fully saturated rings. The van der Waals surface area contributed by atoms with E-state index in [2.05, 4.69) is 5.32 Å². The van der Waals surface area contributed by atoms with E-state index in [1.165, 1.54) is 19.1 Å². The van der Waals surface area contributed by atoms with Crippen LogP contribution < -0.4 is 5.32 Å². The van der Waals surface area contributed by atoms with Gasteiger partial charge in [0.25, 0.3) is 11.6 Å². The van der Waals surface area contributed by atoms with E-state index in [1.54, 1.807) is 0 Å². The molecule has 2 rings (SSSR count). The van der Waals surface area contributed by atoms with E-state index in [9.17, 15) is 32.5 Å². The summed E-state index contributed by atoms with van der Waals surface area (Å²) in [4.78, 5) is 22.1. The molecule has 1 N–H and O–H groups in total. The van der Waals surface area contributed by atoms with Crippen LogP contribution >= 0.6 is 0 Å². The number of hydrogen-bond donors (Lipinski definition) is 1. The number of carbonyl (C=O) groups excluding carboxylic acids is 1. The Morgan fingerprint density at radius 3 is 2.38 bits per heavy atom. The fourth-order valence-electron chi connectivity index (χ4n) is 2.03. The summed E-state index contributed by atoms with van der Waals surface area (Å²) in [6, 6.07) is 5.60. The molecular weight excluding hydrogens is 332 g/mol. The number of nitro benzene ring substituents is 1. The van der Waals surface area contributed by atoms with Gasteiger partial charge >= 0.3 is 6.18 Å². The zero-order valence-corrected chi connectivity index (χ0v) is 12.1. The van der Waals surface area contributed by atoms with Crippen molar-refractivity contribution in [3.05, 3.63) is 69.0 Å². The molecule has 0 atom stereocenters. The number of benzene rings is 2. The molecular formula is C15H10F4N2O3. The van der Waals surface area contributed by atoms with Crippen LogP contribution in [0.3, 0.4) is 0 Å². The quantitative estimate of drug-likeness (QED) is 0.513. The minimum atomic E-state index is -4.89. The predicted octanol–water partition coefficient (Wildman–Crippen LogP) is 4.31. The Morgan fingerprint density at radius 1 is 1.17 bits per heavy atom. The third-order valence-corrected chi connectivity index (χ3v) is 3.19. The highest BCUT2D eigenvalue weighted by molar-refractivity contribution is 6.04. The molecule has 0 spiro atoms. The van der Waals surface area contributed by atoms with E-state index in [0.717, 1.165) is 12.1 Å². The number of nitrogens with zero attached hydrogens (tertiary/aromatic N) is 1. The summed E-state index contributed by atoms with van der Waals surface area (Å²) in [5.74, 6) is -2.22. The van der Waals surface area contributed by atoms with Crippen LogP contribution in [0.2, 0.25) is 0 Å². The van der Waals surface area contributed by atoms with Crippen LogP contribution in [0.25, 0.3) is 0 Å². The number of halogens is 4. The van der Waals surface area contributed by atoms with E-state index < -0.39 is 28.4 Å². The molecule has 9 heteroatoms. The Bertz CT molecular complexity index is 819. The molecule has 24 heavy (non-hydrogen) atoms. The Hall–Kier alpha value is -2.97. The van der Waals surface area contributed by atoms with Gasteiger partial charge in [0.05, 0.1) is 10.5 Å². The van der Waals surface area contributed by atoms with Crippen LogP contribution in [0.1, 0.15) is 21.5 Å². The molecule has 2 aromatic rings. The van der Waals surface area contributed by atoms with Crippen molar-refractivity contribution < 1.29 is 27.3 Å². The number of carbonyl (C=O) groups is 1. The molecule has 0 saturated heterocycles. The lowest BCUT2D eigenvalue weighted by Gasteiger charge is -2.11. The lowest BCUT2D eigenvalue weighted by atomic mass is 10.1. The highest BCUT2D eigenvalue weighted by atomic mass is 19.4. The first kappa shape index (κ1) is 17.4. The lowest BCUT2D eigenvalue weighted by Crippen LogP contribution is -2.14. The number of nitro groups is 1. The Morgan fingerprint density at radius 2 is 1.83 bits per heavy atom. The summed E-state index contributed by atoms with van der Waals surface area (Å²) in [5.41, 5.74) is -1.68. The van der Waals surface area contributed by atoms with Gasteiger partial charge in [0, 0.05) is 22.9 Å². The number of aryl methyl sites for hydroxylation is 1. The Kier molecular flexibility index (Phi) is 4.54. The minimum Gasteiger partial charge on any atom is -0.322 e. The molecule has 0 unspecified atom stereocenters. The van der Waals surface area contributed by atoms with Crippen molar-refractivity contribution in [1.29, 1.82) is 0 Å². The summed E-state index contributed by atoms with van der Waals surface area (Å²) in [7, 11) is 0. The normalized spacial score (nSPS) is 11.2. The van der Waals surface area contributed by atoms with Gasteiger partial charge < -0.3 is 5.32 Å². The number of rotatable bonds is 3. The molecule has 126 valence electrons. The summed E-state index contributed by atoms with van der Waals surface area (Å²) < 4.78 is 51.1. The summed E-state index contributed by atoms with van der Waals surface area (Å²) in [5, 5.41) is 12.9. The topological polar surface area (TPSA) is 72.2 Å². The van der Waals surface area contributed by atoms with Crippen LogP contribution in [0.4, 0.5) is 28.9 Å². The number of alkyl halides is 3. The predicted molar refractivity (Wildman–Crippen MR) is 77.2 cm³/mol. The monoisotopic (exact) mass is 342 g/mol. The van der Waals surface area contributed by atoms with E-state index in [1.807, 2.05) is 0 Å². The van der Waals surface area contributed by atoms with Crippen LogP contribution in [0, 0.1) is 22.9 Å². The van der Waals surface area contributed by atoms with E-state index in [4.69, 9.17) is 0 Å². The Balaban J connectivity index is 2.27. The molecule has 0 aliphatic heterocycles. The van der Waals surface area contributed by atoms with Crippen LogP contribution in [-0.2, 0) is 6.18 Å². The van der Waals surface area contributed by atoms with E-state index in [0.29, 0.717) is 12.1 Å². The number of anilines is 1. The molecule has 2 aromatic carbocycles. The zero-order valence-electron chi connectivity index (χ0n) is 12.1. The van der Waals surface area contributed by atoms with Gasteiger partial charge in [-0.3, -0.25) is 14.9 Å². The van der Waals surface area contributed by atoms with Crippen molar-refractivity contribution >= 4 is 17.3 Å². The minimum absolute atomic E-state index is 0.0241. The zero-order chi connectivity index (χ0) is 18.1. The third-order valence-electron chi connectivity index (χ3n) is 3.19. The van der Waals surface area contributed by atoms with Gasteiger partial charge in [0.2, 0.25) is 0 Å². The second-order valence-electron chi connectivity index (χ2n) is 4.90. The average molecular weight is 342 g/mol. The summed E-state index contributed by atoms with van der Waals surface area (Å²) in [6.07, 6.45) is -4.89. The van der Waals surface area contributed by atoms with Gasteiger partial charge in [0.1, 0.15) is 5.82 Å². The molecule has 0 heterocycles. The highest BCUT2D eigenvalue weighted by Gasteiger charge is 2.34. The molecule has 0 aromatic heterocycles. The van der Waals surface area contributed by atoms with Gasteiger partial charge in [-0.1, -0.05) is 0 Å². The van der Waals surface area contributed by atoms with E-state index in [-0.39, 0.29) is 22.5 Å². The maximum atomic E-state index is 13.2. The van der Waals surface area contributed by atoms with Gasteiger partial charge in [0.15, 0.2) is 0 Å². The molecule has 1 amide bonds. The van der Waals surface area contributed by atoms with Crippen molar-refractivity contribution in [1.82, 2.24) is 0 Å². The van der Waals surface area contributed by atoms with Crippen molar-refractivity contribution in [2.45, 2.75) is 13.1 Å². The third kappa shape index (κ3) is 3.67.